The molecule has 0 aliphatic heterocycles. The Balaban J connectivity index is 1.75. The monoisotopic (exact) mass is 589 g/mol. The van der Waals surface area contributed by atoms with Gasteiger partial charge in [-0.3, -0.25) is 13.9 Å². The number of carbonyl (C=O) groups excluding carboxylic acids is 2. The van der Waals surface area contributed by atoms with Gasteiger partial charge in [-0.15, -0.1) is 0 Å². The van der Waals surface area contributed by atoms with Crippen molar-refractivity contribution in [2.75, 3.05) is 17.1 Å². The quantitative estimate of drug-likeness (QED) is 0.299. The summed E-state index contributed by atoms with van der Waals surface area (Å²) >= 11 is 0. The van der Waals surface area contributed by atoms with Gasteiger partial charge in [0.2, 0.25) is 21.8 Å². The SMILES string of the molecule is Cc1cccc(CN(C(=O)CN(c2ccccc2C(C)C)S(C)(=O)=O)C(Cc2ccccc2)C(=O)NC2CCCC2)c1. The molecular weight excluding hydrogens is 546 g/mol. The standard InChI is InChI=1S/C34H43N3O4S/c1-25(2)30-19-10-11-20-31(30)37(42(4,40)41)24-33(38)36(23-28-16-12-13-26(3)21-28)32(22-27-14-6-5-7-15-27)34(39)35-29-17-8-9-18-29/h5-7,10-16,19-21,25,29,32H,8-9,17-18,22-24H2,1-4H3,(H,35,39). The van der Waals surface area contributed by atoms with Crippen LogP contribution in [0.4, 0.5) is 5.69 Å². The third-order valence-electron chi connectivity index (χ3n) is 7.91. The third kappa shape index (κ3) is 8.22. The van der Waals surface area contributed by atoms with Crippen molar-refractivity contribution in [3.8, 4) is 0 Å². The van der Waals surface area contributed by atoms with Crippen molar-refractivity contribution in [2.24, 2.45) is 0 Å². The zero-order valence-corrected chi connectivity index (χ0v) is 25.9. The number of sulfonamides is 1. The van der Waals surface area contributed by atoms with Crippen molar-refractivity contribution < 1.29 is 18.0 Å². The molecule has 1 aliphatic carbocycles. The van der Waals surface area contributed by atoms with Crippen LogP contribution in [0.3, 0.4) is 0 Å². The first-order valence-corrected chi connectivity index (χ1v) is 16.6. The first-order chi connectivity index (χ1) is 20.0. The fourth-order valence-corrected chi connectivity index (χ4v) is 6.59. The number of nitrogens with one attached hydrogen (secondary N) is 1. The Hall–Kier alpha value is -3.65. The Morgan fingerprint density at radius 1 is 0.905 bits per heavy atom. The molecule has 3 aromatic rings. The summed E-state index contributed by atoms with van der Waals surface area (Å²) in [6, 6.07) is 24.0. The molecule has 0 heterocycles. The Morgan fingerprint density at radius 2 is 1.55 bits per heavy atom. The molecule has 2 amide bonds. The van der Waals surface area contributed by atoms with Crippen LogP contribution in [0.15, 0.2) is 78.9 Å². The number of anilines is 1. The molecule has 42 heavy (non-hydrogen) atoms. The molecule has 1 atom stereocenters. The number of benzene rings is 3. The van der Waals surface area contributed by atoms with Gasteiger partial charge < -0.3 is 10.2 Å². The summed E-state index contributed by atoms with van der Waals surface area (Å²) in [6.07, 6.45) is 5.42. The smallest absolute Gasteiger partial charge is 0.244 e. The van der Waals surface area contributed by atoms with E-state index in [0.29, 0.717) is 12.1 Å². The second-order valence-electron chi connectivity index (χ2n) is 11.7. The summed E-state index contributed by atoms with van der Waals surface area (Å²) in [4.78, 5) is 29.9. The lowest BCUT2D eigenvalue weighted by Gasteiger charge is -2.34. The molecule has 0 aromatic heterocycles. The predicted octanol–water partition coefficient (Wildman–Crippen LogP) is 5.58. The average Bonchev–Trinajstić information content (AvgIpc) is 3.46. The van der Waals surface area contributed by atoms with Gasteiger partial charge in [0, 0.05) is 19.0 Å². The van der Waals surface area contributed by atoms with Crippen LogP contribution in [0.5, 0.6) is 0 Å². The lowest BCUT2D eigenvalue weighted by Crippen LogP contribution is -2.54. The second kappa shape index (κ2) is 14.0. The molecule has 1 fully saturated rings. The van der Waals surface area contributed by atoms with Crippen LogP contribution in [0.2, 0.25) is 0 Å². The van der Waals surface area contributed by atoms with Crippen LogP contribution in [-0.2, 0) is 32.6 Å². The molecule has 224 valence electrons. The highest BCUT2D eigenvalue weighted by atomic mass is 32.2. The third-order valence-corrected chi connectivity index (χ3v) is 9.04. The van der Waals surface area contributed by atoms with E-state index < -0.39 is 28.5 Å². The van der Waals surface area contributed by atoms with Gasteiger partial charge in [-0.25, -0.2) is 8.42 Å². The number of para-hydroxylation sites is 1. The maximum atomic E-state index is 14.4. The van der Waals surface area contributed by atoms with Gasteiger partial charge in [0.15, 0.2) is 0 Å². The molecule has 1 aliphatic rings. The van der Waals surface area contributed by atoms with E-state index in [-0.39, 0.29) is 24.4 Å². The lowest BCUT2D eigenvalue weighted by atomic mass is 10.0. The first kappa shape index (κ1) is 31.3. The number of carbonyl (C=O) groups is 2. The van der Waals surface area contributed by atoms with E-state index in [1.807, 2.05) is 87.5 Å². The van der Waals surface area contributed by atoms with Crippen LogP contribution >= 0.6 is 0 Å². The molecule has 8 heteroatoms. The van der Waals surface area contributed by atoms with Crippen LogP contribution in [-0.4, -0.2) is 50.0 Å². The average molecular weight is 590 g/mol. The lowest BCUT2D eigenvalue weighted by molar-refractivity contribution is -0.140. The highest BCUT2D eigenvalue weighted by Gasteiger charge is 2.34. The Bertz CT molecular complexity index is 1470. The number of hydrogen-bond donors (Lipinski definition) is 1. The fourth-order valence-electron chi connectivity index (χ4n) is 5.73. The van der Waals surface area contributed by atoms with E-state index in [4.69, 9.17) is 0 Å². The van der Waals surface area contributed by atoms with Crippen LogP contribution < -0.4 is 9.62 Å². The molecule has 1 saturated carbocycles. The highest BCUT2D eigenvalue weighted by molar-refractivity contribution is 7.92. The van der Waals surface area contributed by atoms with Crippen molar-refractivity contribution in [1.82, 2.24) is 10.2 Å². The topological polar surface area (TPSA) is 86.8 Å². The molecule has 7 nitrogen and oxygen atoms in total. The number of rotatable bonds is 12. The van der Waals surface area contributed by atoms with E-state index in [1.165, 1.54) is 4.31 Å². The molecule has 0 spiro atoms. The van der Waals surface area contributed by atoms with Gasteiger partial charge in [0.1, 0.15) is 12.6 Å². The molecule has 0 bridgehead atoms. The van der Waals surface area contributed by atoms with E-state index in [0.717, 1.165) is 54.2 Å². The number of amides is 2. The van der Waals surface area contributed by atoms with Gasteiger partial charge in [-0.2, -0.15) is 0 Å². The molecule has 3 aromatic carbocycles. The number of hydrogen-bond acceptors (Lipinski definition) is 4. The van der Waals surface area contributed by atoms with Crippen molar-refractivity contribution in [2.45, 2.75) is 77.4 Å². The minimum absolute atomic E-state index is 0.0481. The van der Waals surface area contributed by atoms with Crippen LogP contribution in [0, 0.1) is 6.92 Å². The minimum atomic E-state index is -3.82. The molecule has 1 N–H and O–H groups in total. The van der Waals surface area contributed by atoms with Gasteiger partial charge in [0.05, 0.1) is 11.9 Å². The van der Waals surface area contributed by atoms with Crippen molar-refractivity contribution >= 4 is 27.5 Å². The first-order valence-electron chi connectivity index (χ1n) is 14.8. The normalized spacial score (nSPS) is 14.5. The van der Waals surface area contributed by atoms with E-state index in [1.54, 1.807) is 17.0 Å². The van der Waals surface area contributed by atoms with Crippen LogP contribution in [0.1, 0.15) is 67.7 Å². The Labute approximate surface area is 251 Å². The molecule has 0 radical (unpaired) electrons. The van der Waals surface area contributed by atoms with Gasteiger partial charge in [0.25, 0.3) is 0 Å². The van der Waals surface area contributed by atoms with Gasteiger partial charge in [-0.1, -0.05) is 105 Å². The predicted molar refractivity (Wildman–Crippen MR) is 169 cm³/mol. The molecule has 0 saturated heterocycles. The Morgan fingerprint density at radius 3 is 2.19 bits per heavy atom. The van der Waals surface area contributed by atoms with Gasteiger partial charge in [-0.05, 0) is 48.4 Å². The zero-order valence-electron chi connectivity index (χ0n) is 25.1. The minimum Gasteiger partial charge on any atom is -0.352 e. The van der Waals surface area contributed by atoms with Crippen LogP contribution in [0.25, 0.3) is 0 Å². The van der Waals surface area contributed by atoms with Crippen molar-refractivity contribution in [3.63, 3.8) is 0 Å². The van der Waals surface area contributed by atoms with Crippen molar-refractivity contribution in [1.29, 1.82) is 0 Å². The fraction of sp³-hybridized carbons (Fsp3) is 0.412. The Kier molecular flexibility index (Phi) is 10.4. The van der Waals surface area contributed by atoms with Gasteiger partial charge >= 0.3 is 0 Å². The zero-order chi connectivity index (χ0) is 30.3. The maximum Gasteiger partial charge on any atom is 0.244 e. The van der Waals surface area contributed by atoms with Crippen molar-refractivity contribution in [3.05, 3.63) is 101 Å². The largest absolute Gasteiger partial charge is 0.352 e. The summed E-state index contributed by atoms with van der Waals surface area (Å²) in [6.45, 7) is 5.75. The second-order valence-corrected chi connectivity index (χ2v) is 13.6. The summed E-state index contributed by atoms with van der Waals surface area (Å²) in [7, 11) is -3.82. The highest BCUT2D eigenvalue weighted by Crippen LogP contribution is 2.29. The summed E-state index contributed by atoms with van der Waals surface area (Å²) in [5.41, 5.74) is 4.16. The summed E-state index contributed by atoms with van der Waals surface area (Å²) in [5, 5.41) is 3.21. The molecule has 4 rings (SSSR count). The maximum absolute atomic E-state index is 14.4. The number of aryl methyl sites for hydroxylation is 1. The summed E-state index contributed by atoms with van der Waals surface area (Å²) in [5.74, 6) is -0.588. The molecular formula is C34H43N3O4S. The van der Waals surface area contributed by atoms with E-state index >= 15 is 0 Å². The number of nitrogens with zero attached hydrogens (tertiary/aromatic N) is 2. The van der Waals surface area contributed by atoms with E-state index in [2.05, 4.69) is 5.32 Å². The van der Waals surface area contributed by atoms with E-state index in [9.17, 15) is 18.0 Å². The molecule has 1 unspecified atom stereocenters. The summed E-state index contributed by atoms with van der Waals surface area (Å²) < 4.78 is 27.5.